The molecule has 0 amide bonds. The van der Waals surface area contributed by atoms with Crippen molar-refractivity contribution in [2.45, 2.75) is 290 Å². The third kappa shape index (κ3) is 50.4. The average molecular weight is 897 g/mol. The predicted octanol–water partition coefficient (Wildman–Crippen LogP) is 18.3. The van der Waals surface area contributed by atoms with Gasteiger partial charge in [-0.05, 0) is 77.0 Å². The third-order valence-electron chi connectivity index (χ3n) is 12.1. The molecule has 0 bridgehead atoms. The van der Waals surface area contributed by atoms with Crippen molar-refractivity contribution in [1.82, 2.24) is 0 Å². The van der Waals surface area contributed by atoms with Crippen molar-refractivity contribution in [2.75, 3.05) is 13.2 Å². The van der Waals surface area contributed by atoms with E-state index < -0.39 is 6.10 Å². The molecule has 0 saturated carbocycles. The lowest BCUT2D eigenvalue weighted by Gasteiger charge is -2.18. The maximum absolute atomic E-state index is 12.8. The molecule has 1 atom stereocenters. The number of carbonyl (C=O) groups is 3. The van der Waals surface area contributed by atoms with Gasteiger partial charge in [0, 0.05) is 19.3 Å². The quantitative estimate of drug-likeness (QED) is 0.0262. The largest absolute Gasteiger partial charge is 0.462 e. The summed E-state index contributed by atoms with van der Waals surface area (Å²) in [5.74, 6) is -0.883. The Morgan fingerprint density at radius 3 is 0.984 bits per heavy atom. The molecule has 0 aromatic rings. The Hall–Kier alpha value is -2.63. The first-order chi connectivity index (χ1) is 31.5. The zero-order valence-electron chi connectivity index (χ0n) is 42.6. The molecule has 0 N–H and O–H groups in total. The lowest BCUT2D eigenvalue weighted by Crippen LogP contribution is -2.30. The van der Waals surface area contributed by atoms with E-state index in [-0.39, 0.29) is 31.1 Å². The summed E-state index contributed by atoms with van der Waals surface area (Å²) in [7, 11) is 0. The number of allylic oxidation sites excluding steroid dienone is 8. The molecule has 0 rings (SSSR count). The van der Waals surface area contributed by atoms with E-state index in [0.29, 0.717) is 19.3 Å². The van der Waals surface area contributed by atoms with Crippen molar-refractivity contribution >= 4 is 17.9 Å². The van der Waals surface area contributed by atoms with E-state index in [9.17, 15) is 14.4 Å². The van der Waals surface area contributed by atoms with Gasteiger partial charge in [0.05, 0.1) is 0 Å². The van der Waals surface area contributed by atoms with Crippen molar-refractivity contribution in [1.29, 1.82) is 0 Å². The highest BCUT2D eigenvalue weighted by molar-refractivity contribution is 5.71. The number of unbranched alkanes of at least 4 members (excludes halogenated alkanes) is 31. The maximum Gasteiger partial charge on any atom is 0.306 e. The summed E-state index contributed by atoms with van der Waals surface area (Å²) in [5, 5.41) is 0. The lowest BCUT2D eigenvalue weighted by molar-refractivity contribution is -0.167. The van der Waals surface area contributed by atoms with Crippen molar-refractivity contribution in [3.63, 3.8) is 0 Å². The molecule has 0 spiro atoms. The number of hydrogen-bond acceptors (Lipinski definition) is 6. The number of hydrogen-bond donors (Lipinski definition) is 0. The molecular formula is C58H104O6. The van der Waals surface area contributed by atoms with Gasteiger partial charge >= 0.3 is 17.9 Å². The molecule has 0 aromatic carbocycles. The minimum atomic E-state index is -0.777. The van der Waals surface area contributed by atoms with Gasteiger partial charge in [-0.2, -0.15) is 0 Å². The summed E-state index contributed by atoms with van der Waals surface area (Å²) < 4.78 is 16.8. The summed E-state index contributed by atoms with van der Waals surface area (Å²) in [4.78, 5) is 38.1. The van der Waals surface area contributed by atoms with Gasteiger partial charge in [0.1, 0.15) is 13.2 Å². The van der Waals surface area contributed by atoms with Gasteiger partial charge in [0.15, 0.2) is 6.10 Å². The second-order valence-electron chi connectivity index (χ2n) is 18.5. The Labute approximate surface area is 397 Å². The molecule has 0 heterocycles. The summed E-state index contributed by atoms with van der Waals surface area (Å²) >= 11 is 0. The molecule has 64 heavy (non-hydrogen) atoms. The van der Waals surface area contributed by atoms with Crippen LogP contribution in [-0.2, 0) is 28.6 Å². The summed E-state index contributed by atoms with van der Waals surface area (Å²) in [6.07, 6.45) is 63.8. The van der Waals surface area contributed by atoms with Crippen LogP contribution < -0.4 is 0 Å². The standard InChI is InChI=1S/C58H104O6/c1-4-7-10-13-16-19-22-25-27-29-31-33-36-39-42-45-48-51-57(60)63-54-55(53-62-56(59)50-47-44-41-38-35-32-24-21-18-15-12-9-6-3)64-58(61)52-49-46-43-40-37-34-30-28-26-23-20-17-14-11-8-5-2/h7,10,16,19,21,24-25,27,55H,4-6,8-9,11-15,17-18,20,22-23,26,28-54H2,1-3H3/b10-7-,19-16-,24-21-,27-25-. The van der Waals surface area contributed by atoms with E-state index in [4.69, 9.17) is 14.2 Å². The Kier molecular flexibility index (Phi) is 50.8. The molecule has 6 nitrogen and oxygen atoms in total. The van der Waals surface area contributed by atoms with Gasteiger partial charge in [-0.15, -0.1) is 0 Å². The van der Waals surface area contributed by atoms with Crippen molar-refractivity contribution < 1.29 is 28.6 Å². The number of rotatable bonds is 50. The topological polar surface area (TPSA) is 78.9 Å². The van der Waals surface area contributed by atoms with Crippen LogP contribution in [0, 0.1) is 0 Å². The highest BCUT2D eigenvalue weighted by atomic mass is 16.6. The van der Waals surface area contributed by atoms with Crippen LogP contribution in [0.3, 0.4) is 0 Å². The van der Waals surface area contributed by atoms with E-state index in [1.807, 2.05) is 0 Å². The van der Waals surface area contributed by atoms with Crippen molar-refractivity contribution in [3.05, 3.63) is 48.6 Å². The SMILES string of the molecule is CC/C=C\C/C=C\C/C=C\CCCCCCCCCC(=O)OCC(COC(=O)CCCCCCC/C=C\CCCCCC)OC(=O)CCCCCCCCCCCCCCCCCC. The molecular weight excluding hydrogens is 793 g/mol. The van der Waals surface area contributed by atoms with Crippen LogP contribution in [0.25, 0.3) is 0 Å². The van der Waals surface area contributed by atoms with Gasteiger partial charge in [0.2, 0.25) is 0 Å². The fourth-order valence-corrected chi connectivity index (χ4v) is 7.92. The van der Waals surface area contributed by atoms with Crippen LogP contribution in [0.5, 0.6) is 0 Å². The monoisotopic (exact) mass is 897 g/mol. The van der Waals surface area contributed by atoms with Gasteiger partial charge in [0.25, 0.3) is 0 Å². The van der Waals surface area contributed by atoms with Crippen LogP contribution in [0.4, 0.5) is 0 Å². The first-order valence-electron chi connectivity index (χ1n) is 27.6. The van der Waals surface area contributed by atoms with Crippen LogP contribution >= 0.6 is 0 Å². The number of ether oxygens (including phenoxy) is 3. The van der Waals surface area contributed by atoms with Gasteiger partial charge in [-0.3, -0.25) is 14.4 Å². The average Bonchev–Trinajstić information content (AvgIpc) is 3.29. The Balaban J connectivity index is 4.37. The number of esters is 3. The van der Waals surface area contributed by atoms with Crippen molar-refractivity contribution in [3.8, 4) is 0 Å². The van der Waals surface area contributed by atoms with E-state index >= 15 is 0 Å². The fourth-order valence-electron chi connectivity index (χ4n) is 7.92. The first-order valence-corrected chi connectivity index (χ1v) is 27.6. The smallest absolute Gasteiger partial charge is 0.306 e. The molecule has 0 aliphatic carbocycles. The molecule has 1 unspecified atom stereocenters. The summed E-state index contributed by atoms with van der Waals surface area (Å²) in [6.45, 7) is 6.53. The molecule has 0 radical (unpaired) electrons. The van der Waals surface area contributed by atoms with Crippen LogP contribution in [0.1, 0.15) is 284 Å². The van der Waals surface area contributed by atoms with E-state index in [2.05, 4.69) is 69.4 Å². The van der Waals surface area contributed by atoms with Gasteiger partial charge < -0.3 is 14.2 Å². The minimum absolute atomic E-state index is 0.0780. The molecule has 0 aliphatic rings. The van der Waals surface area contributed by atoms with Crippen molar-refractivity contribution in [2.24, 2.45) is 0 Å². The molecule has 0 saturated heterocycles. The summed E-state index contributed by atoms with van der Waals surface area (Å²) in [6, 6.07) is 0. The van der Waals surface area contributed by atoms with E-state index in [1.54, 1.807) is 0 Å². The number of carbonyl (C=O) groups excluding carboxylic acids is 3. The summed E-state index contributed by atoms with van der Waals surface area (Å²) in [5.41, 5.74) is 0. The van der Waals surface area contributed by atoms with E-state index in [0.717, 1.165) is 89.9 Å². The third-order valence-corrected chi connectivity index (χ3v) is 12.1. The minimum Gasteiger partial charge on any atom is -0.462 e. The Bertz CT molecular complexity index is 1120. The first kappa shape index (κ1) is 61.4. The van der Waals surface area contributed by atoms with Crippen LogP contribution in [-0.4, -0.2) is 37.2 Å². The molecule has 0 fully saturated rings. The predicted molar refractivity (Wildman–Crippen MR) is 275 cm³/mol. The second-order valence-corrected chi connectivity index (χ2v) is 18.5. The zero-order valence-corrected chi connectivity index (χ0v) is 42.6. The normalized spacial score (nSPS) is 12.4. The van der Waals surface area contributed by atoms with Gasteiger partial charge in [-0.1, -0.05) is 236 Å². The highest BCUT2D eigenvalue weighted by Gasteiger charge is 2.19. The fraction of sp³-hybridized carbons (Fsp3) is 0.810. The Morgan fingerprint density at radius 1 is 0.328 bits per heavy atom. The van der Waals surface area contributed by atoms with E-state index in [1.165, 1.54) is 154 Å². The highest BCUT2D eigenvalue weighted by Crippen LogP contribution is 2.16. The lowest BCUT2D eigenvalue weighted by atomic mass is 10.0. The molecule has 0 aromatic heterocycles. The maximum atomic E-state index is 12.8. The second kappa shape index (κ2) is 53.0. The van der Waals surface area contributed by atoms with Gasteiger partial charge in [-0.25, -0.2) is 0 Å². The molecule has 6 heteroatoms. The zero-order chi connectivity index (χ0) is 46.5. The van der Waals surface area contributed by atoms with Crippen LogP contribution in [0.2, 0.25) is 0 Å². The molecule has 372 valence electrons. The molecule has 0 aliphatic heterocycles. The van der Waals surface area contributed by atoms with Crippen LogP contribution in [0.15, 0.2) is 48.6 Å². The Morgan fingerprint density at radius 2 is 0.609 bits per heavy atom.